The molecule has 1 unspecified atom stereocenters. The Balaban J connectivity index is 2.15. The lowest BCUT2D eigenvalue weighted by atomic mass is 10.1. The largest absolute Gasteiger partial charge is 0.345 e. The molecule has 98 valence electrons. The summed E-state index contributed by atoms with van der Waals surface area (Å²) in [6.07, 6.45) is 1.57. The Kier molecular flexibility index (Phi) is 3.96. The van der Waals surface area contributed by atoms with Gasteiger partial charge in [0.1, 0.15) is 11.0 Å². The van der Waals surface area contributed by atoms with Gasteiger partial charge in [0.25, 0.3) is 0 Å². The van der Waals surface area contributed by atoms with Crippen LogP contribution in [0.3, 0.4) is 0 Å². The first kappa shape index (κ1) is 13.0. The number of nitrogens with zero attached hydrogens (tertiary/aromatic N) is 2. The minimum absolute atomic E-state index is 0.0269. The zero-order valence-electron chi connectivity index (χ0n) is 10.6. The van der Waals surface area contributed by atoms with Crippen molar-refractivity contribution in [2.24, 2.45) is 0 Å². The first-order chi connectivity index (χ1) is 8.61. The van der Waals surface area contributed by atoms with Gasteiger partial charge in [0.2, 0.25) is 11.8 Å². The van der Waals surface area contributed by atoms with Crippen molar-refractivity contribution in [2.45, 2.75) is 39.3 Å². The number of hydrogen-bond acceptors (Lipinski definition) is 4. The van der Waals surface area contributed by atoms with E-state index in [4.69, 9.17) is 0 Å². The van der Waals surface area contributed by atoms with E-state index in [1.807, 2.05) is 19.2 Å². The van der Waals surface area contributed by atoms with Crippen molar-refractivity contribution in [1.29, 1.82) is 0 Å². The fraction of sp³-hybridized carbons (Fsp3) is 0.583. The summed E-state index contributed by atoms with van der Waals surface area (Å²) in [6, 6.07) is -0.347. The predicted molar refractivity (Wildman–Crippen MR) is 69.1 cm³/mol. The van der Waals surface area contributed by atoms with Gasteiger partial charge in [-0.05, 0) is 13.3 Å². The number of thiazole rings is 1. The Hall–Kier alpha value is -1.43. The first-order valence-electron chi connectivity index (χ1n) is 6.10. The molecular weight excluding hydrogens is 250 g/mol. The molecule has 5 nitrogen and oxygen atoms in total. The fourth-order valence-corrected chi connectivity index (χ4v) is 2.85. The molecule has 0 spiro atoms. The molecule has 0 bridgehead atoms. The number of aryl methyl sites for hydroxylation is 1. The molecular formula is C12H17N3O2S. The molecule has 2 rings (SSSR count). The van der Waals surface area contributed by atoms with E-state index in [1.165, 1.54) is 11.3 Å². The van der Waals surface area contributed by atoms with E-state index in [-0.39, 0.29) is 24.4 Å². The quantitative estimate of drug-likeness (QED) is 0.888. The summed E-state index contributed by atoms with van der Waals surface area (Å²) in [5.74, 6) is -0.0781. The third-order valence-corrected chi connectivity index (χ3v) is 3.90. The molecule has 0 saturated carbocycles. The number of carbonyl (C=O) groups excluding carboxylic acids is 2. The minimum atomic E-state index is -0.347. The molecule has 1 atom stereocenters. The van der Waals surface area contributed by atoms with E-state index >= 15 is 0 Å². The van der Waals surface area contributed by atoms with E-state index < -0.39 is 0 Å². The molecule has 1 aliphatic heterocycles. The van der Waals surface area contributed by atoms with Crippen molar-refractivity contribution in [2.75, 3.05) is 6.54 Å². The molecule has 0 radical (unpaired) electrons. The monoisotopic (exact) mass is 267 g/mol. The Morgan fingerprint density at radius 3 is 2.94 bits per heavy atom. The van der Waals surface area contributed by atoms with E-state index in [0.29, 0.717) is 13.0 Å². The highest BCUT2D eigenvalue weighted by Gasteiger charge is 2.33. The summed E-state index contributed by atoms with van der Waals surface area (Å²) in [5, 5.41) is 5.48. The molecule has 18 heavy (non-hydrogen) atoms. The lowest BCUT2D eigenvalue weighted by molar-refractivity contribution is -0.146. The highest BCUT2D eigenvalue weighted by Crippen LogP contribution is 2.18. The zero-order valence-corrected chi connectivity index (χ0v) is 11.4. The lowest BCUT2D eigenvalue weighted by Crippen LogP contribution is -2.57. The highest BCUT2D eigenvalue weighted by atomic mass is 32.1. The number of nitrogens with one attached hydrogen (secondary N) is 1. The molecule has 1 saturated heterocycles. The molecule has 2 heterocycles. The average molecular weight is 267 g/mol. The fourth-order valence-electron chi connectivity index (χ4n) is 2.08. The van der Waals surface area contributed by atoms with Crippen LogP contribution in [-0.4, -0.2) is 34.3 Å². The van der Waals surface area contributed by atoms with Crippen molar-refractivity contribution in [3.05, 3.63) is 16.1 Å². The maximum Gasteiger partial charge on any atom is 0.243 e. The number of amides is 2. The summed E-state index contributed by atoms with van der Waals surface area (Å²) < 4.78 is 0. The van der Waals surface area contributed by atoms with Crippen LogP contribution in [0.5, 0.6) is 0 Å². The molecule has 0 aromatic carbocycles. The normalized spacial score (nSPS) is 20.1. The summed E-state index contributed by atoms with van der Waals surface area (Å²) in [5.41, 5.74) is 0.955. The van der Waals surface area contributed by atoms with Gasteiger partial charge in [-0.1, -0.05) is 13.3 Å². The summed E-state index contributed by atoms with van der Waals surface area (Å²) in [4.78, 5) is 29.7. The number of hydrogen-bond donors (Lipinski definition) is 1. The van der Waals surface area contributed by atoms with E-state index in [9.17, 15) is 9.59 Å². The van der Waals surface area contributed by atoms with Crippen LogP contribution in [0.4, 0.5) is 0 Å². The number of carbonyl (C=O) groups is 2. The van der Waals surface area contributed by atoms with Crippen LogP contribution in [-0.2, 0) is 16.1 Å². The van der Waals surface area contributed by atoms with Crippen molar-refractivity contribution >= 4 is 23.2 Å². The summed E-state index contributed by atoms with van der Waals surface area (Å²) in [7, 11) is 0. The van der Waals surface area contributed by atoms with Gasteiger partial charge in [0.15, 0.2) is 0 Å². The zero-order chi connectivity index (χ0) is 13.1. The molecule has 2 amide bonds. The topological polar surface area (TPSA) is 62.3 Å². The lowest BCUT2D eigenvalue weighted by Gasteiger charge is -2.34. The number of piperazine rings is 1. The average Bonchev–Trinajstić information content (AvgIpc) is 2.74. The first-order valence-corrected chi connectivity index (χ1v) is 6.98. The van der Waals surface area contributed by atoms with Gasteiger partial charge in [0.05, 0.1) is 13.1 Å². The van der Waals surface area contributed by atoms with Crippen LogP contribution in [0.2, 0.25) is 0 Å². The highest BCUT2D eigenvalue weighted by molar-refractivity contribution is 7.09. The van der Waals surface area contributed by atoms with Crippen LogP contribution >= 0.6 is 11.3 Å². The van der Waals surface area contributed by atoms with Gasteiger partial charge in [-0.15, -0.1) is 11.3 Å². The molecule has 1 aliphatic rings. The number of rotatable bonds is 4. The molecule has 1 fully saturated rings. The predicted octanol–water partition coefficient (Wildman–Crippen LogP) is 1.08. The molecule has 6 heteroatoms. The molecule has 1 aromatic heterocycles. The van der Waals surface area contributed by atoms with Gasteiger partial charge < -0.3 is 10.2 Å². The van der Waals surface area contributed by atoms with Crippen molar-refractivity contribution < 1.29 is 9.59 Å². The second-order valence-corrected chi connectivity index (χ2v) is 5.37. The van der Waals surface area contributed by atoms with Gasteiger partial charge >= 0.3 is 0 Å². The van der Waals surface area contributed by atoms with Gasteiger partial charge in [-0.2, -0.15) is 0 Å². The van der Waals surface area contributed by atoms with Gasteiger partial charge in [0, 0.05) is 11.1 Å². The van der Waals surface area contributed by atoms with Gasteiger partial charge in [-0.3, -0.25) is 9.59 Å². The minimum Gasteiger partial charge on any atom is -0.345 e. The Morgan fingerprint density at radius 2 is 2.33 bits per heavy atom. The molecule has 0 aliphatic carbocycles. The van der Waals surface area contributed by atoms with Crippen LogP contribution in [0.1, 0.15) is 30.5 Å². The summed E-state index contributed by atoms with van der Waals surface area (Å²) in [6.45, 7) is 4.48. The van der Waals surface area contributed by atoms with Crippen molar-refractivity contribution in [3.8, 4) is 0 Å². The van der Waals surface area contributed by atoms with E-state index in [1.54, 1.807) is 4.90 Å². The van der Waals surface area contributed by atoms with Crippen molar-refractivity contribution in [3.63, 3.8) is 0 Å². The molecule has 1 aromatic rings. The van der Waals surface area contributed by atoms with E-state index in [2.05, 4.69) is 10.3 Å². The van der Waals surface area contributed by atoms with Crippen LogP contribution in [0.15, 0.2) is 5.38 Å². The number of aromatic nitrogens is 1. The second kappa shape index (κ2) is 5.48. The maximum atomic E-state index is 11.9. The Bertz CT molecular complexity index is 458. The van der Waals surface area contributed by atoms with Crippen LogP contribution < -0.4 is 5.32 Å². The molecule has 1 N–H and O–H groups in total. The maximum absolute atomic E-state index is 11.9. The van der Waals surface area contributed by atoms with Crippen LogP contribution in [0.25, 0.3) is 0 Å². The second-order valence-electron chi connectivity index (χ2n) is 4.43. The van der Waals surface area contributed by atoms with E-state index in [0.717, 1.165) is 17.1 Å². The summed E-state index contributed by atoms with van der Waals surface area (Å²) >= 11 is 1.53. The van der Waals surface area contributed by atoms with Crippen LogP contribution in [0, 0.1) is 6.92 Å². The Labute approximate surface area is 110 Å². The standard InChI is InChI=1S/C12H17N3O2S/c1-3-4-9-12(17)13-5-11(16)15(9)6-10-14-8(2)7-18-10/h7,9H,3-6H2,1-2H3,(H,13,17). The van der Waals surface area contributed by atoms with Crippen molar-refractivity contribution in [1.82, 2.24) is 15.2 Å². The smallest absolute Gasteiger partial charge is 0.243 e. The van der Waals surface area contributed by atoms with Gasteiger partial charge in [-0.25, -0.2) is 4.98 Å². The third kappa shape index (κ3) is 2.69. The Morgan fingerprint density at radius 1 is 1.56 bits per heavy atom. The SMILES string of the molecule is CCCC1C(=O)NCC(=O)N1Cc1nc(C)cs1. The third-order valence-electron chi connectivity index (χ3n) is 2.95.